The van der Waals surface area contributed by atoms with Crippen LogP contribution in [0.2, 0.25) is 0 Å². The molecule has 0 aliphatic rings. The predicted molar refractivity (Wildman–Crippen MR) is 74.1 cm³/mol. The predicted octanol–water partition coefficient (Wildman–Crippen LogP) is 0.636. The minimum absolute atomic E-state index is 0.0659. The van der Waals surface area contributed by atoms with Gasteiger partial charge in [0.15, 0.2) is 5.13 Å². The summed E-state index contributed by atoms with van der Waals surface area (Å²) in [6, 6.07) is 0. The number of likely N-dealkylation sites (N-methyl/N-ethyl adjacent to an activating group) is 1. The van der Waals surface area contributed by atoms with Crippen molar-refractivity contribution in [1.82, 2.24) is 9.88 Å². The van der Waals surface area contributed by atoms with Crippen molar-refractivity contribution in [2.75, 3.05) is 44.4 Å². The van der Waals surface area contributed by atoms with Crippen molar-refractivity contribution in [3.8, 4) is 0 Å². The Morgan fingerprint density at radius 2 is 2.11 bits per heavy atom. The molecule has 0 saturated carbocycles. The average Bonchev–Trinajstić information content (AvgIpc) is 2.71. The van der Waals surface area contributed by atoms with Gasteiger partial charge in [-0.05, 0) is 6.42 Å². The number of carbonyl (C=O) groups is 1. The Kier molecular flexibility index (Phi) is 5.36. The largest absolute Gasteiger partial charge is 0.395 e. The lowest BCUT2D eigenvalue weighted by Crippen LogP contribution is -2.29. The molecule has 0 saturated heterocycles. The third-order valence-corrected chi connectivity index (χ3v) is 3.68. The van der Waals surface area contributed by atoms with Gasteiger partial charge in [0, 0.05) is 27.2 Å². The minimum Gasteiger partial charge on any atom is -0.395 e. The molecule has 0 aromatic carbocycles. The number of thiazole rings is 1. The van der Waals surface area contributed by atoms with Gasteiger partial charge < -0.3 is 20.6 Å². The molecule has 1 aromatic heterocycles. The van der Waals surface area contributed by atoms with E-state index in [1.807, 2.05) is 11.9 Å². The summed E-state index contributed by atoms with van der Waals surface area (Å²) in [5, 5.41) is 9.57. The highest BCUT2D eigenvalue weighted by molar-refractivity contribution is 7.18. The van der Waals surface area contributed by atoms with Gasteiger partial charge in [0.25, 0.3) is 5.91 Å². The van der Waals surface area contributed by atoms with Gasteiger partial charge in [0.05, 0.1) is 6.61 Å². The fraction of sp³-hybridized carbons (Fsp3) is 0.636. The Morgan fingerprint density at radius 3 is 2.67 bits per heavy atom. The molecular formula is C11H20N4O2S. The van der Waals surface area contributed by atoms with E-state index in [1.54, 1.807) is 7.05 Å². The first kappa shape index (κ1) is 14.7. The SMILES string of the molecule is CCCN(C)c1nc(N)c(C(=O)N(C)CCO)s1. The van der Waals surface area contributed by atoms with Crippen LogP contribution in [0.25, 0.3) is 0 Å². The molecule has 1 aromatic rings. The molecule has 0 atom stereocenters. The second kappa shape index (κ2) is 6.55. The molecule has 102 valence electrons. The molecule has 0 spiro atoms. The van der Waals surface area contributed by atoms with Gasteiger partial charge in [-0.1, -0.05) is 18.3 Å². The number of nitrogens with two attached hydrogens (primary N) is 1. The fourth-order valence-corrected chi connectivity index (χ4v) is 2.46. The number of hydrogen-bond acceptors (Lipinski definition) is 6. The first-order chi connectivity index (χ1) is 8.51. The molecule has 7 heteroatoms. The number of rotatable bonds is 6. The van der Waals surface area contributed by atoms with E-state index in [-0.39, 0.29) is 24.9 Å². The lowest BCUT2D eigenvalue weighted by Gasteiger charge is -2.14. The van der Waals surface area contributed by atoms with Gasteiger partial charge in [0.2, 0.25) is 0 Å². The van der Waals surface area contributed by atoms with E-state index < -0.39 is 0 Å². The van der Waals surface area contributed by atoms with E-state index >= 15 is 0 Å². The molecule has 6 nitrogen and oxygen atoms in total. The van der Waals surface area contributed by atoms with Gasteiger partial charge in [-0.15, -0.1) is 0 Å². The average molecular weight is 272 g/mol. The molecule has 1 amide bonds. The monoisotopic (exact) mass is 272 g/mol. The Bertz CT molecular complexity index is 408. The third kappa shape index (κ3) is 3.33. The lowest BCUT2D eigenvalue weighted by atomic mass is 10.4. The van der Waals surface area contributed by atoms with Crippen LogP contribution in [0.5, 0.6) is 0 Å². The second-order valence-corrected chi connectivity index (χ2v) is 5.06. The Labute approximate surface area is 111 Å². The number of carbonyl (C=O) groups excluding carboxylic acids is 1. The fourth-order valence-electron chi connectivity index (χ4n) is 1.49. The quantitative estimate of drug-likeness (QED) is 0.794. The lowest BCUT2D eigenvalue weighted by molar-refractivity contribution is 0.0772. The van der Waals surface area contributed by atoms with Crippen LogP contribution in [-0.4, -0.2) is 54.7 Å². The molecule has 1 heterocycles. The maximum atomic E-state index is 12.0. The van der Waals surface area contributed by atoms with Crippen molar-refractivity contribution in [2.24, 2.45) is 0 Å². The standard InChI is InChI=1S/C11H20N4O2S/c1-4-5-15(3)11-13-9(12)8(18-11)10(17)14(2)6-7-16/h16H,4-7,12H2,1-3H3. The summed E-state index contributed by atoms with van der Waals surface area (Å²) < 4.78 is 0. The smallest absolute Gasteiger partial charge is 0.267 e. The van der Waals surface area contributed by atoms with Gasteiger partial charge in [-0.25, -0.2) is 4.98 Å². The molecule has 0 radical (unpaired) electrons. The summed E-state index contributed by atoms with van der Waals surface area (Å²) in [4.78, 5) is 20.1. The highest BCUT2D eigenvalue weighted by Crippen LogP contribution is 2.28. The number of hydrogen-bond donors (Lipinski definition) is 2. The molecule has 3 N–H and O–H groups in total. The van der Waals surface area contributed by atoms with Gasteiger partial charge in [-0.2, -0.15) is 0 Å². The summed E-state index contributed by atoms with van der Waals surface area (Å²) in [6.45, 7) is 3.17. The van der Waals surface area contributed by atoms with E-state index in [1.165, 1.54) is 16.2 Å². The number of aliphatic hydroxyl groups excluding tert-OH is 1. The third-order valence-electron chi connectivity index (χ3n) is 2.50. The zero-order valence-electron chi connectivity index (χ0n) is 11.0. The zero-order chi connectivity index (χ0) is 13.7. The minimum atomic E-state index is -0.199. The Balaban J connectivity index is 2.87. The maximum absolute atomic E-state index is 12.0. The van der Waals surface area contributed by atoms with E-state index in [4.69, 9.17) is 10.8 Å². The highest BCUT2D eigenvalue weighted by atomic mass is 32.1. The first-order valence-electron chi connectivity index (χ1n) is 5.85. The van der Waals surface area contributed by atoms with E-state index in [9.17, 15) is 4.79 Å². The van der Waals surface area contributed by atoms with Crippen molar-refractivity contribution in [3.63, 3.8) is 0 Å². The van der Waals surface area contributed by atoms with Crippen LogP contribution in [0.4, 0.5) is 10.9 Å². The van der Waals surface area contributed by atoms with Crippen LogP contribution < -0.4 is 10.6 Å². The summed E-state index contributed by atoms with van der Waals surface area (Å²) in [5.74, 6) is 0.0583. The molecular weight excluding hydrogens is 252 g/mol. The highest BCUT2D eigenvalue weighted by Gasteiger charge is 2.20. The summed E-state index contributed by atoms with van der Waals surface area (Å²) in [5.41, 5.74) is 5.77. The number of nitrogen functional groups attached to an aromatic ring is 1. The molecule has 0 aliphatic carbocycles. The molecule has 0 aliphatic heterocycles. The van der Waals surface area contributed by atoms with E-state index in [2.05, 4.69) is 11.9 Å². The first-order valence-corrected chi connectivity index (χ1v) is 6.66. The normalized spacial score (nSPS) is 10.4. The van der Waals surface area contributed by atoms with Crippen molar-refractivity contribution >= 4 is 28.2 Å². The van der Waals surface area contributed by atoms with Crippen LogP contribution in [0, 0.1) is 0 Å². The zero-order valence-corrected chi connectivity index (χ0v) is 11.8. The van der Waals surface area contributed by atoms with E-state index in [0.29, 0.717) is 4.88 Å². The topological polar surface area (TPSA) is 82.7 Å². The van der Waals surface area contributed by atoms with Crippen molar-refractivity contribution in [1.29, 1.82) is 0 Å². The van der Waals surface area contributed by atoms with Crippen LogP contribution in [0.3, 0.4) is 0 Å². The van der Waals surface area contributed by atoms with Crippen LogP contribution >= 0.6 is 11.3 Å². The second-order valence-electron chi connectivity index (χ2n) is 4.08. The summed E-state index contributed by atoms with van der Waals surface area (Å²) >= 11 is 1.29. The molecule has 0 bridgehead atoms. The van der Waals surface area contributed by atoms with Gasteiger partial charge in [0.1, 0.15) is 10.7 Å². The number of nitrogens with zero attached hydrogens (tertiary/aromatic N) is 3. The Morgan fingerprint density at radius 1 is 1.44 bits per heavy atom. The van der Waals surface area contributed by atoms with Crippen molar-refractivity contribution in [3.05, 3.63) is 4.88 Å². The maximum Gasteiger partial charge on any atom is 0.267 e. The summed E-state index contributed by atoms with van der Waals surface area (Å²) in [7, 11) is 3.56. The molecule has 0 unspecified atom stereocenters. The van der Waals surface area contributed by atoms with Crippen molar-refractivity contribution < 1.29 is 9.90 Å². The van der Waals surface area contributed by atoms with E-state index in [0.717, 1.165) is 18.1 Å². The number of aliphatic hydroxyl groups is 1. The molecule has 0 fully saturated rings. The van der Waals surface area contributed by atoms with Crippen LogP contribution in [0.15, 0.2) is 0 Å². The summed E-state index contributed by atoms with van der Waals surface area (Å²) in [6.07, 6.45) is 1.00. The number of aromatic nitrogens is 1. The van der Waals surface area contributed by atoms with Gasteiger partial charge >= 0.3 is 0 Å². The Hall–Kier alpha value is -1.34. The van der Waals surface area contributed by atoms with Crippen LogP contribution in [0.1, 0.15) is 23.0 Å². The molecule has 18 heavy (non-hydrogen) atoms. The van der Waals surface area contributed by atoms with Gasteiger partial charge in [-0.3, -0.25) is 4.79 Å². The number of amides is 1. The van der Waals surface area contributed by atoms with Crippen molar-refractivity contribution in [2.45, 2.75) is 13.3 Å². The van der Waals surface area contributed by atoms with Crippen LogP contribution in [-0.2, 0) is 0 Å². The number of anilines is 2. The molecule has 1 rings (SSSR count).